The summed E-state index contributed by atoms with van der Waals surface area (Å²) in [5, 5.41) is 3.28. The molecule has 1 heterocycles. The molecule has 1 atom stereocenters. The lowest BCUT2D eigenvalue weighted by Gasteiger charge is -2.17. The molecule has 1 aliphatic rings. The third-order valence-corrected chi connectivity index (χ3v) is 3.51. The monoisotopic (exact) mass is 317 g/mol. The number of benzene rings is 1. The summed E-state index contributed by atoms with van der Waals surface area (Å²) >= 11 is 3.34. The number of hydrogen-bond acceptors (Lipinski definition) is 3. The van der Waals surface area contributed by atoms with E-state index in [0.29, 0.717) is 19.7 Å². The molecular formula is C13H17BrFNO2. The molecule has 1 N–H and O–H groups in total. The van der Waals surface area contributed by atoms with E-state index < -0.39 is 5.79 Å². The highest BCUT2D eigenvalue weighted by atomic mass is 79.9. The van der Waals surface area contributed by atoms with E-state index >= 15 is 0 Å². The molecule has 0 saturated carbocycles. The van der Waals surface area contributed by atoms with Gasteiger partial charge in [0.15, 0.2) is 5.79 Å². The van der Waals surface area contributed by atoms with Gasteiger partial charge < -0.3 is 14.8 Å². The van der Waals surface area contributed by atoms with Gasteiger partial charge in [-0.05, 0) is 31.5 Å². The van der Waals surface area contributed by atoms with Crippen molar-refractivity contribution >= 4 is 15.9 Å². The maximum Gasteiger partial charge on any atom is 0.163 e. The first-order chi connectivity index (χ1) is 8.46. The minimum Gasteiger partial charge on any atom is -0.348 e. The average molecular weight is 318 g/mol. The molecule has 0 amide bonds. The number of rotatable bonds is 4. The molecule has 1 fully saturated rings. The highest BCUT2D eigenvalue weighted by Gasteiger charge is 2.32. The lowest BCUT2D eigenvalue weighted by atomic mass is 10.2. The molecule has 1 aliphatic heterocycles. The van der Waals surface area contributed by atoms with E-state index in [-0.39, 0.29) is 11.9 Å². The Hall–Kier alpha value is -0.490. The molecule has 0 aromatic heterocycles. The predicted molar refractivity (Wildman–Crippen MR) is 70.7 cm³/mol. The molecule has 3 nitrogen and oxygen atoms in total. The summed E-state index contributed by atoms with van der Waals surface area (Å²) < 4.78 is 24.8. The summed E-state index contributed by atoms with van der Waals surface area (Å²) in [6, 6.07) is 4.69. The van der Waals surface area contributed by atoms with Crippen LogP contribution in [-0.2, 0) is 16.0 Å². The van der Waals surface area contributed by atoms with Gasteiger partial charge >= 0.3 is 0 Å². The van der Waals surface area contributed by atoms with E-state index in [1.807, 2.05) is 13.8 Å². The summed E-state index contributed by atoms with van der Waals surface area (Å²) in [6.07, 6.45) is 0.0687. The maximum absolute atomic E-state index is 12.9. The fraction of sp³-hybridized carbons (Fsp3) is 0.538. The number of hydrogen-bond donors (Lipinski definition) is 1. The van der Waals surface area contributed by atoms with Crippen LogP contribution in [-0.4, -0.2) is 25.0 Å². The zero-order chi connectivity index (χ0) is 13.2. The van der Waals surface area contributed by atoms with Gasteiger partial charge in [0.2, 0.25) is 0 Å². The molecule has 18 heavy (non-hydrogen) atoms. The Balaban J connectivity index is 1.79. The highest BCUT2D eigenvalue weighted by molar-refractivity contribution is 9.10. The molecule has 5 heteroatoms. The quantitative estimate of drug-likeness (QED) is 0.926. The largest absolute Gasteiger partial charge is 0.348 e. The second kappa shape index (κ2) is 5.65. The van der Waals surface area contributed by atoms with Crippen LogP contribution in [0.25, 0.3) is 0 Å². The first-order valence-corrected chi connectivity index (χ1v) is 6.72. The van der Waals surface area contributed by atoms with Gasteiger partial charge in [-0.2, -0.15) is 0 Å². The van der Waals surface area contributed by atoms with Gasteiger partial charge in [-0.15, -0.1) is 0 Å². The van der Waals surface area contributed by atoms with Crippen molar-refractivity contribution in [3.63, 3.8) is 0 Å². The van der Waals surface area contributed by atoms with Crippen molar-refractivity contribution in [2.75, 3.05) is 13.2 Å². The maximum atomic E-state index is 12.9. The van der Waals surface area contributed by atoms with Gasteiger partial charge in [0.25, 0.3) is 0 Å². The minimum absolute atomic E-state index is 0.0687. The Bertz CT molecular complexity index is 425. The first-order valence-electron chi connectivity index (χ1n) is 5.93. The SMILES string of the molecule is CC1(C)OCC(CNCc2ccc(F)cc2Br)O1. The van der Waals surface area contributed by atoms with E-state index in [1.165, 1.54) is 12.1 Å². The second-order valence-electron chi connectivity index (χ2n) is 4.82. The smallest absolute Gasteiger partial charge is 0.163 e. The second-order valence-corrected chi connectivity index (χ2v) is 5.67. The van der Waals surface area contributed by atoms with Crippen LogP contribution in [0, 0.1) is 5.82 Å². The molecule has 0 spiro atoms. The van der Waals surface area contributed by atoms with Crippen molar-refractivity contribution in [1.82, 2.24) is 5.32 Å². The zero-order valence-electron chi connectivity index (χ0n) is 10.5. The standard InChI is InChI=1S/C13H17BrFNO2/c1-13(2)17-8-11(18-13)7-16-6-9-3-4-10(15)5-12(9)14/h3-5,11,16H,6-8H2,1-2H3. The molecule has 0 bridgehead atoms. The summed E-state index contributed by atoms with van der Waals surface area (Å²) in [5.74, 6) is -0.720. The van der Waals surface area contributed by atoms with Crippen LogP contribution in [0.2, 0.25) is 0 Å². The van der Waals surface area contributed by atoms with Crippen LogP contribution >= 0.6 is 15.9 Å². The normalized spacial score (nSPS) is 22.3. The van der Waals surface area contributed by atoms with Gasteiger partial charge in [-0.1, -0.05) is 22.0 Å². The van der Waals surface area contributed by atoms with Crippen LogP contribution < -0.4 is 5.32 Å². The van der Waals surface area contributed by atoms with Gasteiger partial charge in [0, 0.05) is 17.6 Å². The summed E-state index contributed by atoms with van der Waals surface area (Å²) in [4.78, 5) is 0. The van der Waals surface area contributed by atoms with Crippen LogP contribution in [0.4, 0.5) is 4.39 Å². The van der Waals surface area contributed by atoms with Crippen molar-refractivity contribution in [2.45, 2.75) is 32.3 Å². The van der Waals surface area contributed by atoms with Gasteiger partial charge in [0.1, 0.15) is 5.82 Å². The number of nitrogens with one attached hydrogen (secondary N) is 1. The molecule has 0 radical (unpaired) electrons. The van der Waals surface area contributed by atoms with E-state index in [9.17, 15) is 4.39 Å². The third-order valence-electron chi connectivity index (χ3n) is 2.77. The van der Waals surface area contributed by atoms with Gasteiger partial charge in [-0.3, -0.25) is 0 Å². The average Bonchev–Trinajstić information content (AvgIpc) is 2.61. The highest BCUT2D eigenvalue weighted by Crippen LogP contribution is 2.22. The Labute approximate surface area is 115 Å². The van der Waals surface area contributed by atoms with Gasteiger partial charge in [-0.25, -0.2) is 4.39 Å². The molecule has 2 rings (SSSR count). The molecule has 1 unspecified atom stereocenters. The number of halogens is 2. The third kappa shape index (κ3) is 3.75. The fourth-order valence-electron chi connectivity index (χ4n) is 1.90. The van der Waals surface area contributed by atoms with Crippen LogP contribution in [0.3, 0.4) is 0 Å². The van der Waals surface area contributed by atoms with Crippen LogP contribution in [0.5, 0.6) is 0 Å². The van der Waals surface area contributed by atoms with Crippen LogP contribution in [0.1, 0.15) is 19.4 Å². The van der Waals surface area contributed by atoms with Crippen molar-refractivity contribution in [3.05, 3.63) is 34.1 Å². The molecule has 0 aliphatic carbocycles. The Kier molecular flexibility index (Phi) is 4.37. The number of ether oxygens (including phenoxy) is 2. The molecule has 1 aromatic carbocycles. The lowest BCUT2D eigenvalue weighted by molar-refractivity contribution is -0.137. The molecular weight excluding hydrogens is 301 g/mol. The summed E-state index contributed by atoms with van der Waals surface area (Å²) in [6.45, 7) is 5.80. The van der Waals surface area contributed by atoms with E-state index in [2.05, 4.69) is 21.2 Å². The Morgan fingerprint density at radius 3 is 2.89 bits per heavy atom. The van der Waals surface area contributed by atoms with E-state index in [0.717, 1.165) is 10.0 Å². The minimum atomic E-state index is -0.483. The van der Waals surface area contributed by atoms with E-state index in [4.69, 9.17) is 9.47 Å². The van der Waals surface area contributed by atoms with Crippen molar-refractivity contribution in [1.29, 1.82) is 0 Å². The van der Waals surface area contributed by atoms with Gasteiger partial charge in [0.05, 0.1) is 12.7 Å². The van der Waals surface area contributed by atoms with Crippen LogP contribution in [0.15, 0.2) is 22.7 Å². The predicted octanol–water partition coefficient (Wildman–Crippen LogP) is 2.83. The molecule has 1 aromatic rings. The Morgan fingerprint density at radius 2 is 2.28 bits per heavy atom. The topological polar surface area (TPSA) is 30.5 Å². The summed E-state index contributed by atoms with van der Waals surface area (Å²) in [7, 11) is 0. The summed E-state index contributed by atoms with van der Waals surface area (Å²) in [5.41, 5.74) is 1.02. The van der Waals surface area contributed by atoms with Crippen molar-refractivity contribution in [2.24, 2.45) is 0 Å². The first kappa shape index (κ1) is 13.9. The Morgan fingerprint density at radius 1 is 1.50 bits per heavy atom. The lowest BCUT2D eigenvalue weighted by Crippen LogP contribution is -2.30. The molecule has 100 valence electrons. The van der Waals surface area contributed by atoms with Crippen molar-refractivity contribution in [3.8, 4) is 0 Å². The van der Waals surface area contributed by atoms with E-state index in [1.54, 1.807) is 6.07 Å². The zero-order valence-corrected chi connectivity index (χ0v) is 12.1. The fourth-order valence-corrected chi connectivity index (χ4v) is 2.39. The molecule has 1 saturated heterocycles. The van der Waals surface area contributed by atoms with Crippen molar-refractivity contribution < 1.29 is 13.9 Å².